The van der Waals surface area contributed by atoms with Crippen LogP contribution in [0.5, 0.6) is 0 Å². The van der Waals surface area contributed by atoms with Crippen LogP contribution in [0.15, 0.2) is 0 Å². The monoisotopic (exact) mass is 688 g/mol. The maximum atomic E-state index is 11.8. The number of aliphatic hydroxyl groups is 5. The van der Waals surface area contributed by atoms with Gasteiger partial charge in [0, 0.05) is 44.3 Å². The average Bonchev–Trinajstić information content (AvgIpc) is 3.79. The second kappa shape index (κ2) is 15.8. The van der Waals surface area contributed by atoms with Gasteiger partial charge >= 0.3 is 5.97 Å². The predicted molar refractivity (Wildman–Crippen MR) is 176 cm³/mol. The van der Waals surface area contributed by atoms with Gasteiger partial charge in [-0.25, -0.2) is 0 Å². The summed E-state index contributed by atoms with van der Waals surface area (Å²) in [6.07, 6.45) is -0.113. The minimum atomic E-state index is -1.05. The first-order valence-corrected chi connectivity index (χ1v) is 18.2. The second-order valence-corrected chi connectivity index (χ2v) is 16.0. The maximum Gasteiger partial charge on any atom is 0.308 e. The molecule has 48 heavy (non-hydrogen) atoms. The molecule has 4 saturated heterocycles. The van der Waals surface area contributed by atoms with E-state index < -0.39 is 71.6 Å². The van der Waals surface area contributed by atoms with Crippen LogP contribution in [0.4, 0.5) is 0 Å². The molecule has 0 aliphatic carbocycles. The zero-order valence-corrected chi connectivity index (χ0v) is 30.3. The van der Waals surface area contributed by atoms with Crippen LogP contribution in [0, 0.1) is 35.5 Å². The summed E-state index contributed by atoms with van der Waals surface area (Å²) in [7, 11) is 1.50. The number of aliphatic hydroxyl groups excluding tert-OH is 5. The molecule has 0 aromatic rings. The van der Waals surface area contributed by atoms with E-state index in [1.54, 1.807) is 6.92 Å². The van der Waals surface area contributed by atoms with Crippen molar-refractivity contribution in [1.29, 1.82) is 0 Å². The highest BCUT2D eigenvalue weighted by atomic mass is 16.7. The third-order valence-corrected chi connectivity index (χ3v) is 12.7. The van der Waals surface area contributed by atoms with E-state index in [1.165, 1.54) is 7.11 Å². The van der Waals surface area contributed by atoms with Gasteiger partial charge < -0.3 is 54.3 Å². The van der Waals surface area contributed by atoms with Crippen molar-refractivity contribution in [2.75, 3.05) is 20.3 Å². The summed E-state index contributed by atoms with van der Waals surface area (Å²) in [5, 5.41) is 62.0. The molecule has 17 atom stereocenters. The van der Waals surface area contributed by atoms with E-state index in [0.29, 0.717) is 51.4 Å². The number of hydrogen-bond acceptors (Lipinski definition) is 11. The van der Waals surface area contributed by atoms with Crippen LogP contribution in [0.3, 0.4) is 0 Å². The van der Waals surface area contributed by atoms with Gasteiger partial charge in [0.15, 0.2) is 5.79 Å². The summed E-state index contributed by atoms with van der Waals surface area (Å²) in [5.41, 5.74) is -1.40. The van der Waals surface area contributed by atoms with Gasteiger partial charge in [0.05, 0.1) is 72.6 Å². The second-order valence-electron chi connectivity index (χ2n) is 16.0. The van der Waals surface area contributed by atoms with E-state index in [4.69, 9.17) is 23.7 Å². The molecule has 1 spiro atoms. The number of aliphatic carboxylic acids is 1. The lowest BCUT2D eigenvalue weighted by atomic mass is 9.78. The molecule has 0 amide bonds. The molecular weight excluding hydrogens is 624 g/mol. The summed E-state index contributed by atoms with van der Waals surface area (Å²) in [6.45, 7) is 12.9. The predicted octanol–water partition coefficient (Wildman–Crippen LogP) is 2.88. The van der Waals surface area contributed by atoms with Gasteiger partial charge in [-0.2, -0.15) is 0 Å². The van der Waals surface area contributed by atoms with Crippen LogP contribution >= 0.6 is 0 Å². The number of carbonyl (C=O) groups is 1. The minimum Gasteiger partial charge on any atom is -0.481 e. The van der Waals surface area contributed by atoms with Crippen LogP contribution in [-0.2, 0) is 28.5 Å². The number of carboxylic acid groups (broad SMARTS) is 1. The van der Waals surface area contributed by atoms with E-state index >= 15 is 0 Å². The Labute approximate surface area is 286 Å². The summed E-state index contributed by atoms with van der Waals surface area (Å²) in [4.78, 5) is 11.8. The van der Waals surface area contributed by atoms with Crippen molar-refractivity contribution in [2.24, 2.45) is 35.5 Å². The summed E-state index contributed by atoms with van der Waals surface area (Å²) in [6, 6.07) is 0. The Morgan fingerprint density at radius 1 is 1.04 bits per heavy atom. The largest absolute Gasteiger partial charge is 0.481 e. The van der Waals surface area contributed by atoms with Gasteiger partial charge in [-0.3, -0.25) is 4.79 Å². The molecule has 6 N–H and O–H groups in total. The molecular formula is C36H64O12. The van der Waals surface area contributed by atoms with Crippen LogP contribution in [0.1, 0.15) is 99.8 Å². The molecule has 0 aromatic carbocycles. The average molecular weight is 689 g/mol. The molecule has 4 fully saturated rings. The molecule has 0 radical (unpaired) electrons. The zero-order valence-electron chi connectivity index (χ0n) is 30.3. The van der Waals surface area contributed by atoms with Crippen molar-refractivity contribution in [1.82, 2.24) is 0 Å². The van der Waals surface area contributed by atoms with Crippen LogP contribution in [0.2, 0.25) is 0 Å². The molecule has 4 rings (SSSR count). The first kappa shape index (κ1) is 39.8. The Balaban J connectivity index is 1.47. The lowest BCUT2D eigenvalue weighted by molar-refractivity contribution is -0.335. The van der Waals surface area contributed by atoms with Crippen LogP contribution < -0.4 is 0 Å². The highest BCUT2D eigenvalue weighted by Gasteiger charge is 2.62. The van der Waals surface area contributed by atoms with Gasteiger partial charge in [-0.1, -0.05) is 34.6 Å². The quantitative estimate of drug-likeness (QED) is 0.148. The normalized spacial score (nSPS) is 43.1. The van der Waals surface area contributed by atoms with E-state index in [9.17, 15) is 35.4 Å². The van der Waals surface area contributed by atoms with Crippen molar-refractivity contribution in [2.45, 2.75) is 166 Å². The van der Waals surface area contributed by atoms with Crippen molar-refractivity contribution in [3.8, 4) is 0 Å². The maximum absolute atomic E-state index is 11.8. The van der Waals surface area contributed by atoms with Crippen molar-refractivity contribution >= 4 is 5.97 Å². The molecule has 4 heterocycles. The minimum absolute atomic E-state index is 0.0962. The Morgan fingerprint density at radius 2 is 1.73 bits per heavy atom. The zero-order chi connectivity index (χ0) is 35.8. The lowest BCUT2D eigenvalue weighted by Gasteiger charge is -2.48. The van der Waals surface area contributed by atoms with Crippen molar-refractivity contribution in [3.05, 3.63) is 0 Å². The fourth-order valence-corrected chi connectivity index (χ4v) is 9.36. The first-order chi connectivity index (χ1) is 22.5. The molecule has 12 nitrogen and oxygen atoms in total. The third-order valence-electron chi connectivity index (χ3n) is 12.7. The van der Waals surface area contributed by atoms with Gasteiger partial charge in [-0.05, 0) is 64.2 Å². The van der Waals surface area contributed by atoms with Gasteiger partial charge in [0.1, 0.15) is 0 Å². The summed E-state index contributed by atoms with van der Waals surface area (Å²) < 4.78 is 32.8. The SMILES string of the molecule is CC[C@@]1([C@@H]2O[C@@H]([C@@H](O)[C@@H](C)C[C@@H](C)C(O)CO)C[C@@H]2CO)CC[C@H]([C@]2(C)CC[C@]3(C[C@H](O)[C@@H](C)[C@@H]([C@@H](C)[C@@H](OC)[C@H](C)C(=O)O)O3)O2)O1. The topological polar surface area (TPSA) is 185 Å². The highest BCUT2D eigenvalue weighted by Crippen LogP contribution is 2.54. The van der Waals surface area contributed by atoms with E-state index in [-0.39, 0.29) is 48.9 Å². The molecule has 280 valence electrons. The summed E-state index contributed by atoms with van der Waals surface area (Å²) in [5.74, 6) is -3.92. The Kier molecular flexibility index (Phi) is 13.1. The van der Waals surface area contributed by atoms with E-state index in [2.05, 4.69) is 6.92 Å². The highest BCUT2D eigenvalue weighted by molar-refractivity contribution is 5.70. The summed E-state index contributed by atoms with van der Waals surface area (Å²) >= 11 is 0. The van der Waals surface area contributed by atoms with Crippen molar-refractivity contribution < 1.29 is 59.1 Å². The Bertz CT molecular complexity index is 1060. The van der Waals surface area contributed by atoms with E-state index in [1.807, 2.05) is 34.6 Å². The fraction of sp³-hybridized carbons (Fsp3) is 0.972. The lowest BCUT2D eigenvalue weighted by Crippen LogP contribution is -2.57. The Morgan fingerprint density at radius 3 is 2.31 bits per heavy atom. The molecule has 12 heteroatoms. The standard InChI is InChI=1S/C36H64O12/c1-9-35(32-24(17-37)15-27(45-32)29(41)20(3)14-19(2)26(40)18-38)11-10-28(46-35)34(7)12-13-36(48-34)16-25(39)21(4)31(47-36)22(5)30(44-8)23(6)33(42)43/h19-32,37-41H,9-18H2,1-8H3,(H,42,43)/t19-,20+,21-,22+,23+,24-,25+,26?,27-,28-,29+,30-,31+,32-,34+,35+,36-/m1/s1. The fourth-order valence-electron chi connectivity index (χ4n) is 9.36. The first-order valence-electron chi connectivity index (χ1n) is 18.2. The smallest absolute Gasteiger partial charge is 0.308 e. The molecule has 4 aliphatic heterocycles. The molecule has 0 bridgehead atoms. The number of carboxylic acids is 1. The van der Waals surface area contributed by atoms with Gasteiger partial charge in [0.2, 0.25) is 0 Å². The number of ether oxygens (including phenoxy) is 5. The number of methoxy groups -OCH3 is 1. The number of rotatable bonds is 15. The van der Waals surface area contributed by atoms with Crippen LogP contribution in [0.25, 0.3) is 0 Å². The van der Waals surface area contributed by atoms with Gasteiger partial charge in [-0.15, -0.1) is 0 Å². The number of hydrogen-bond donors (Lipinski definition) is 6. The molecule has 0 saturated carbocycles. The van der Waals surface area contributed by atoms with Crippen LogP contribution in [-0.4, -0.2) is 123 Å². The van der Waals surface area contributed by atoms with Gasteiger partial charge in [0.25, 0.3) is 0 Å². The van der Waals surface area contributed by atoms with Crippen molar-refractivity contribution in [3.63, 3.8) is 0 Å². The molecule has 0 aromatic heterocycles. The molecule has 1 unspecified atom stereocenters. The Hall–Kier alpha value is -0.930. The third kappa shape index (κ3) is 7.78. The van der Waals surface area contributed by atoms with E-state index in [0.717, 1.165) is 0 Å². The molecule has 4 aliphatic rings.